The van der Waals surface area contributed by atoms with Gasteiger partial charge in [-0.05, 0) is 6.92 Å². The number of ether oxygens (including phenoxy) is 1. The van der Waals surface area contributed by atoms with Crippen molar-refractivity contribution >= 4 is 11.8 Å². The molecule has 1 atom stereocenters. The van der Waals surface area contributed by atoms with Crippen molar-refractivity contribution in [1.82, 2.24) is 9.78 Å². The molecule has 1 heterocycles. The van der Waals surface area contributed by atoms with Crippen LogP contribution in [0, 0.1) is 0 Å². The standard InChI is InChI=1S/C8H10F3N3O2/c1-4(7(15)16-2)14-6(12)3-5(13-14)8(9,10)11/h3-4H,12H2,1-2H3/t4-/m0/s1. The fourth-order valence-electron chi connectivity index (χ4n) is 1.13. The molecule has 5 nitrogen and oxygen atoms in total. The van der Waals surface area contributed by atoms with Crippen molar-refractivity contribution in [2.24, 2.45) is 0 Å². The van der Waals surface area contributed by atoms with Crippen LogP contribution in [0.3, 0.4) is 0 Å². The van der Waals surface area contributed by atoms with E-state index < -0.39 is 23.9 Å². The van der Waals surface area contributed by atoms with E-state index in [1.807, 2.05) is 0 Å². The van der Waals surface area contributed by atoms with Crippen molar-refractivity contribution in [2.75, 3.05) is 12.8 Å². The highest BCUT2D eigenvalue weighted by atomic mass is 19.4. The van der Waals surface area contributed by atoms with Gasteiger partial charge in [-0.25, -0.2) is 9.48 Å². The van der Waals surface area contributed by atoms with Gasteiger partial charge >= 0.3 is 12.1 Å². The van der Waals surface area contributed by atoms with Gasteiger partial charge in [0.1, 0.15) is 11.9 Å². The molecule has 1 aromatic heterocycles. The Morgan fingerprint density at radius 2 is 2.19 bits per heavy atom. The van der Waals surface area contributed by atoms with E-state index in [0.29, 0.717) is 6.07 Å². The zero-order chi connectivity index (χ0) is 12.5. The lowest BCUT2D eigenvalue weighted by molar-refractivity contribution is -0.146. The van der Waals surface area contributed by atoms with Crippen LogP contribution >= 0.6 is 0 Å². The van der Waals surface area contributed by atoms with Crippen LogP contribution in [0.1, 0.15) is 18.7 Å². The molecular weight excluding hydrogens is 227 g/mol. The van der Waals surface area contributed by atoms with Crippen molar-refractivity contribution in [3.05, 3.63) is 11.8 Å². The summed E-state index contributed by atoms with van der Waals surface area (Å²) in [6, 6.07) is -0.333. The minimum absolute atomic E-state index is 0.245. The normalized spacial score (nSPS) is 13.6. The number of halogens is 3. The molecule has 0 saturated carbocycles. The molecule has 0 saturated heterocycles. The summed E-state index contributed by atoms with van der Waals surface area (Å²) in [6.07, 6.45) is -4.59. The Bertz CT molecular complexity index is 400. The van der Waals surface area contributed by atoms with E-state index in [2.05, 4.69) is 9.84 Å². The van der Waals surface area contributed by atoms with Gasteiger partial charge in [0, 0.05) is 6.07 Å². The van der Waals surface area contributed by atoms with Crippen LogP contribution in [-0.4, -0.2) is 22.9 Å². The van der Waals surface area contributed by atoms with Crippen molar-refractivity contribution in [2.45, 2.75) is 19.1 Å². The molecule has 8 heteroatoms. The lowest BCUT2D eigenvalue weighted by atomic mass is 10.3. The lowest BCUT2D eigenvalue weighted by Crippen LogP contribution is -2.21. The molecule has 0 radical (unpaired) electrons. The molecule has 16 heavy (non-hydrogen) atoms. The highest BCUT2D eigenvalue weighted by Gasteiger charge is 2.35. The smallest absolute Gasteiger partial charge is 0.435 e. The van der Waals surface area contributed by atoms with Gasteiger partial charge in [0.25, 0.3) is 0 Å². The van der Waals surface area contributed by atoms with Crippen LogP contribution in [0.25, 0.3) is 0 Å². The predicted octanol–water partition coefficient (Wildman–Crippen LogP) is 1.22. The first-order valence-electron chi connectivity index (χ1n) is 4.27. The summed E-state index contributed by atoms with van der Waals surface area (Å²) in [5.41, 5.74) is 4.19. The Kier molecular flexibility index (Phi) is 3.11. The molecule has 0 spiro atoms. The average molecular weight is 237 g/mol. The molecule has 0 bridgehead atoms. The van der Waals surface area contributed by atoms with E-state index in [9.17, 15) is 18.0 Å². The van der Waals surface area contributed by atoms with Crippen molar-refractivity contribution < 1.29 is 22.7 Å². The summed E-state index contributed by atoms with van der Waals surface area (Å²) < 4.78 is 42.0. The predicted molar refractivity (Wildman–Crippen MR) is 48.4 cm³/mol. The number of hydrogen-bond acceptors (Lipinski definition) is 4. The number of rotatable bonds is 2. The number of hydrogen-bond donors (Lipinski definition) is 1. The number of methoxy groups -OCH3 is 1. The van der Waals surface area contributed by atoms with Gasteiger partial charge in [-0.1, -0.05) is 0 Å². The van der Waals surface area contributed by atoms with E-state index in [-0.39, 0.29) is 5.82 Å². The fourth-order valence-corrected chi connectivity index (χ4v) is 1.13. The average Bonchev–Trinajstić information content (AvgIpc) is 2.57. The van der Waals surface area contributed by atoms with Crippen molar-refractivity contribution in [3.63, 3.8) is 0 Å². The summed E-state index contributed by atoms with van der Waals surface area (Å²) in [7, 11) is 1.13. The van der Waals surface area contributed by atoms with Gasteiger partial charge in [-0.15, -0.1) is 0 Å². The van der Waals surface area contributed by atoms with Crippen LogP contribution in [0.5, 0.6) is 0 Å². The van der Waals surface area contributed by atoms with E-state index in [0.717, 1.165) is 11.8 Å². The summed E-state index contributed by atoms with van der Waals surface area (Å²) in [5, 5.41) is 3.22. The molecule has 0 aliphatic heterocycles. The van der Waals surface area contributed by atoms with Gasteiger partial charge < -0.3 is 10.5 Å². The first-order valence-corrected chi connectivity index (χ1v) is 4.27. The third-order valence-electron chi connectivity index (χ3n) is 1.96. The highest BCUT2D eigenvalue weighted by molar-refractivity contribution is 5.74. The third-order valence-corrected chi connectivity index (χ3v) is 1.96. The number of esters is 1. The Labute approximate surface area is 89.0 Å². The molecule has 1 rings (SSSR count). The van der Waals surface area contributed by atoms with Crippen LogP contribution < -0.4 is 5.73 Å². The SMILES string of the molecule is COC(=O)[C@H](C)n1nc(C(F)(F)F)cc1N. The largest absolute Gasteiger partial charge is 0.467 e. The van der Waals surface area contributed by atoms with Crippen LogP contribution in [0.15, 0.2) is 6.07 Å². The van der Waals surface area contributed by atoms with E-state index in [1.54, 1.807) is 0 Å². The highest BCUT2D eigenvalue weighted by Crippen LogP contribution is 2.30. The molecule has 0 amide bonds. The summed E-state index contributed by atoms with van der Waals surface area (Å²) in [6.45, 7) is 1.34. The maximum absolute atomic E-state index is 12.3. The first kappa shape index (κ1) is 12.3. The Morgan fingerprint density at radius 1 is 1.62 bits per heavy atom. The van der Waals surface area contributed by atoms with Gasteiger partial charge in [-0.2, -0.15) is 18.3 Å². The van der Waals surface area contributed by atoms with Crippen LogP contribution in [0.2, 0.25) is 0 Å². The van der Waals surface area contributed by atoms with Crippen molar-refractivity contribution in [1.29, 1.82) is 0 Å². The zero-order valence-corrected chi connectivity index (χ0v) is 8.58. The van der Waals surface area contributed by atoms with E-state index in [4.69, 9.17) is 5.73 Å². The number of nitrogens with zero attached hydrogens (tertiary/aromatic N) is 2. The summed E-state index contributed by atoms with van der Waals surface area (Å²) in [5.74, 6) is -0.964. The van der Waals surface area contributed by atoms with Crippen LogP contribution in [0.4, 0.5) is 19.0 Å². The number of anilines is 1. The maximum Gasteiger partial charge on any atom is 0.435 e. The molecular formula is C8H10F3N3O2. The molecule has 0 aliphatic carbocycles. The van der Waals surface area contributed by atoms with Gasteiger partial charge in [-0.3, -0.25) is 0 Å². The number of alkyl halides is 3. The van der Waals surface area contributed by atoms with Crippen LogP contribution in [-0.2, 0) is 15.7 Å². The monoisotopic (exact) mass is 237 g/mol. The fraction of sp³-hybridized carbons (Fsp3) is 0.500. The maximum atomic E-state index is 12.3. The second-order valence-corrected chi connectivity index (χ2v) is 3.10. The number of nitrogens with two attached hydrogens (primary N) is 1. The number of carbonyl (C=O) groups is 1. The van der Waals surface area contributed by atoms with Gasteiger partial charge in [0.05, 0.1) is 7.11 Å². The molecule has 0 aromatic carbocycles. The number of carbonyl (C=O) groups excluding carboxylic acids is 1. The van der Waals surface area contributed by atoms with Crippen molar-refractivity contribution in [3.8, 4) is 0 Å². The third kappa shape index (κ3) is 2.26. The molecule has 0 fully saturated rings. The van der Waals surface area contributed by atoms with Gasteiger partial charge in [0.2, 0.25) is 0 Å². The van der Waals surface area contributed by atoms with E-state index in [1.165, 1.54) is 6.92 Å². The van der Waals surface area contributed by atoms with Gasteiger partial charge in [0.15, 0.2) is 5.69 Å². The summed E-state index contributed by atoms with van der Waals surface area (Å²) >= 11 is 0. The quantitative estimate of drug-likeness (QED) is 0.785. The molecule has 2 N–H and O–H groups in total. The Morgan fingerprint density at radius 3 is 2.56 bits per heavy atom. The molecule has 0 unspecified atom stereocenters. The Balaban J connectivity index is 3.07. The summed E-state index contributed by atoms with van der Waals surface area (Å²) in [4.78, 5) is 11.1. The molecule has 0 aliphatic rings. The molecule has 1 aromatic rings. The molecule has 90 valence electrons. The number of aromatic nitrogens is 2. The lowest BCUT2D eigenvalue weighted by Gasteiger charge is -2.10. The first-order chi connectivity index (χ1) is 7.27. The zero-order valence-electron chi connectivity index (χ0n) is 8.58. The Hall–Kier alpha value is -1.73. The topological polar surface area (TPSA) is 70.1 Å². The number of nitrogen functional groups attached to an aromatic ring is 1. The minimum Gasteiger partial charge on any atom is -0.467 e. The second kappa shape index (κ2) is 4.03. The minimum atomic E-state index is -4.59. The second-order valence-electron chi connectivity index (χ2n) is 3.10. The van der Waals surface area contributed by atoms with E-state index >= 15 is 0 Å².